The molecular weight excluding hydrogens is 873 g/mol. The van der Waals surface area contributed by atoms with Gasteiger partial charge in [0, 0.05) is 45.9 Å². The lowest BCUT2D eigenvalue weighted by Crippen LogP contribution is -2.50. The third-order valence-corrected chi connectivity index (χ3v) is 19.2. The van der Waals surface area contributed by atoms with Crippen molar-refractivity contribution in [2.45, 2.75) is 129 Å². The summed E-state index contributed by atoms with van der Waals surface area (Å²) < 4.78 is 9.53. The summed E-state index contributed by atoms with van der Waals surface area (Å²) in [7, 11) is -3.45. The topological polar surface area (TPSA) is 33.5 Å². The molecule has 0 bridgehead atoms. The number of ether oxygens (including phenoxy) is 1. The van der Waals surface area contributed by atoms with Crippen molar-refractivity contribution >= 4 is 71.1 Å². The normalized spacial score (nSPS) is 15.5. The fourth-order valence-electron chi connectivity index (χ4n) is 11.3. The van der Waals surface area contributed by atoms with Crippen LogP contribution < -0.4 is 24.9 Å². The predicted molar refractivity (Wildman–Crippen MR) is 301 cm³/mol. The molecule has 10 rings (SSSR count). The minimum atomic E-state index is -1.72. The highest BCUT2D eigenvalue weighted by Gasteiger charge is 2.38. The molecule has 8 aromatic rings. The average Bonchev–Trinajstić information content (AvgIpc) is 3.86. The highest BCUT2D eigenvalue weighted by Crippen LogP contribution is 2.48. The van der Waals surface area contributed by atoms with E-state index in [1.807, 2.05) is 6.20 Å². The van der Waals surface area contributed by atoms with Crippen molar-refractivity contribution in [3.05, 3.63) is 168 Å². The van der Waals surface area contributed by atoms with Gasteiger partial charge in [0.1, 0.15) is 24.0 Å². The van der Waals surface area contributed by atoms with Gasteiger partial charge >= 0.3 is 0 Å². The highest BCUT2D eigenvalue weighted by atomic mass is 28.3. The maximum atomic E-state index is 7.14. The molecule has 0 N–H and O–H groups in total. The third-order valence-electron chi connectivity index (χ3n) is 15.1. The summed E-state index contributed by atoms with van der Waals surface area (Å²) in [6.45, 7) is 29.5. The Morgan fingerprint density at radius 2 is 1.17 bits per heavy atom. The first-order valence-corrected chi connectivity index (χ1v) is 32.4. The van der Waals surface area contributed by atoms with E-state index < -0.39 is 16.1 Å². The molecule has 3 heterocycles. The zero-order valence-corrected chi connectivity index (χ0v) is 45.3. The number of aromatic nitrogens is 2. The zero-order chi connectivity index (χ0) is 48.7. The summed E-state index contributed by atoms with van der Waals surface area (Å²) in [5, 5.41) is 5.48. The Labute approximate surface area is 414 Å². The van der Waals surface area contributed by atoms with Crippen molar-refractivity contribution in [3.63, 3.8) is 0 Å². The number of fused-ring (bicyclic) bond motifs is 4. The van der Waals surface area contributed by atoms with Gasteiger partial charge < -0.3 is 14.5 Å². The molecule has 2 aromatic heterocycles. The van der Waals surface area contributed by atoms with E-state index in [0.29, 0.717) is 0 Å². The minimum Gasteiger partial charge on any atom is -0.457 e. The van der Waals surface area contributed by atoms with Crippen LogP contribution in [0.2, 0.25) is 39.3 Å². The van der Waals surface area contributed by atoms with Gasteiger partial charge in [0.2, 0.25) is 0 Å². The fourth-order valence-corrected chi connectivity index (χ4v) is 14.6. The number of hydrogen-bond acceptors (Lipinski definition) is 4. The average molecular weight is 945 g/mol. The molecule has 7 heteroatoms. The summed E-state index contributed by atoms with van der Waals surface area (Å²) in [4.78, 5) is 10.3. The van der Waals surface area contributed by atoms with Gasteiger partial charge in [-0.3, -0.25) is 4.57 Å². The van der Waals surface area contributed by atoms with Crippen LogP contribution in [0.3, 0.4) is 0 Å². The standard InChI is InChI=1S/C62H72N4OSi2/c1-60(2,3)44-28-31-52-51(38-44)50-30-29-48(41-55(50)66(52)58-39-45(32-35-63-58)62(33-19-14-20-34-62)43-22-15-13-16-23-43)67-49-37-46(61(4,5)6)36-47(40-49)64-42-65(54-25-18-17-24-53(54)64)59-56(68(7,8)9)26-21-27-57(59)69(10,11)12/h13,15-18,21-32,35-41H,14,19-20,33-34,42H2,1-12H3. The number of pyridine rings is 1. The van der Waals surface area contributed by atoms with E-state index >= 15 is 0 Å². The molecule has 0 spiro atoms. The number of para-hydroxylation sites is 3. The van der Waals surface area contributed by atoms with Crippen molar-refractivity contribution in [2.75, 3.05) is 16.5 Å². The molecular formula is C62H72N4OSi2. The Morgan fingerprint density at radius 3 is 1.83 bits per heavy atom. The molecule has 0 unspecified atom stereocenters. The highest BCUT2D eigenvalue weighted by molar-refractivity contribution is 6.93. The Balaban J connectivity index is 1.10. The molecule has 69 heavy (non-hydrogen) atoms. The number of hydrogen-bond donors (Lipinski definition) is 0. The Morgan fingerprint density at radius 1 is 0.522 bits per heavy atom. The number of nitrogens with zero attached hydrogens (tertiary/aromatic N) is 4. The van der Waals surface area contributed by atoms with E-state index in [4.69, 9.17) is 9.72 Å². The molecule has 0 radical (unpaired) electrons. The van der Waals surface area contributed by atoms with E-state index in [9.17, 15) is 0 Å². The van der Waals surface area contributed by atoms with E-state index in [0.717, 1.165) is 53.5 Å². The summed E-state index contributed by atoms with van der Waals surface area (Å²) in [5.74, 6) is 2.57. The summed E-state index contributed by atoms with van der Waals surface area (Å²) in [5.41, 5.74) is 12.4. The fraction of sp³-hybridized carbons (Fsp3) is 0.339. The van der Waals surface area contributed by atoms with Crippen molar-refractivity contribution < 1.29 is 4.74 Å². The van der Waals surface area contributed by atoms with Gasteiger partial charge in [0.05, 0.1) is 38.6 Å². The van der Waals surface area contributed by atoms with Crippen molar-refractivity contribution in [3.8, 4) is 17.3 Å². The Kier molecular flexibility index (Phi) is 11.7. The van der Waals surface area contributed by atoms with Gasteiger partial charge in [0.25, 0.3) is 0 Å². The number of rotatable bonds is 9. The van der Waals surface area contributed by atoms with Crippen LogP contribution in [0.5, 0.6) is 11.5 Å². The van der Waals surface area contributed by atoms with Gasteiger partial charge in [-0.05, 0) is 117 Å². The van der Waals surface area contributed by atoms with Crippen molar-refractivity contribution in [1.29, 1.82) is 0 Å². The number of anilines is 4. The molecule has 0 amide bonds. The lowest BCUT2D eigenvalue weighted by molar-refractivity contribution is 0.345. The monoisotopic (exact) mass is 945 g/mol. The Bertz CT molecular complexity index is 3180. The lowest BCUT2D eigenvalue weighted by Gasteiger charge is -2.38. The second kappa shape index (κ2) is 17.2. The van der Waals surface area contributed by atoms with Gasteiger partial charge in [0.15, 0.2) is 0 Å². The SMILES string of the molecule is CC(C)(C)c1cc(Oc2ccc3c4cc(C(C)(C)C)ccc4n(-c4cc(C5(c6ccccc6)CCCCC5)ccn4)c3c2)cc(N2CN(c3c([Si](C)(C)C)cccc3[Si](C)(C)C)c3ccccc32)c1. The smallest absolute Gasteiger partial charge is 0.137 e. The van der Waals surface area contributed by atoms with Crippen LogP contribution in [0.1, 0.15) is 95.9 Å². The first kappa shape index (κ1) is 46.8. The van der Waals surface area contributed by atoms with E-state index in [2.05, 4.69) is 235 Å². The number of benzene rings is 6. The van der Waals surface area contributed by atoms with Crippen molar-refractivity contribution in [1.82, 2.24) is 9.55 Å². The van der Waals surface area contributed by atoms with Crippen molar-refractivity contribution in [2.24, 2.45) is 0 Å². The first-order chi connectivity index (χ1) is 32.7. The van der Waals surface area contributed by atoms with E-state index in [1.54, 1.807) is 0 Å². The maximum absolute atomic E-state index is 7.14. The quantitative estimate of drug-likeness (QED) is 0.135. The predicted octanol–water partition coefficient (Wildman–Crippen LogP) is 16.2. The van der Waals surface area contributed by atoms with Crippen LogP contribution in [-0.2, 0) is 16.2 Å². The van der Waals surface area contributed by atoms with Crippen LogP contribution >= 0.6 is 0 Å². The van der Waals surface area contributed by atoms with Crippen LogP contribution in [0.4, 0.5) is 22.7 Å². The molecule has 2 aliphatic rings. The molecule has 1 aliphatic heterocycles. The van der Waals surface area contributed by atoms with Gasteiger partial charge in [-0.25, -0.2) is 4.98 Å². The molecule has 1 aliphatic carbocycles. The van der Waals surface area contributed by atoms with Crippen LogP contribution in [0, 0.1) is 0 Å². The van der Waals surface area contributed by atoms with Gasteiger partial charge in [-0.2, -0.15) is 0 Å². The second-order valence-electron chi connectivity index (χ2n) is 24.2. The zero-order valence-electron chi connectivity index (χ0n) is 43.3. The van der Waals surface area contributed by atoms with Gasteiger partial charge in [-0.1, -0.05) is 167 Å². The van der Waals surface area contributed by atoms with E-state index in [-0.39, 0.29) is 16.2 Å². The van der Waals surface area contributed by atoms with Crippen LogP contribution in [0.25, 0.3) is 27.6 Å². The van der Waals surface area contributed by atoms with Crippen LogP contribution in [-0.4, -0.2) is 32.4 Å². The second-order valence-corrected chi connectivity index (χ2v) is 34.2. The molecule has 354 valence electrons. The largest absolute Gasteiger partial charge is 0.457 e. The maximum Gasteiger partial charge on any atom is 0.137 e. The molecule has 0 atom stereocenters. The molecule has 1 fully saturated rings. The van der Waals surface area contributed by atoms with Crippen LogP contribution in [0.15, 0.2) is 146 Å². The first-order valence-electron chi connectivity index (χ1n) is 25.4. The minimum absolute atomic E-state index is 0.00383. The summed E-state index contributed by atoms with van der Waals surface area (Å²) in [6.07, 6.45) is 8.06. The molecule has 0 saturated heterocycles. The molecule has 5 nitrogen and oxygen atoms in total. The summed E-state index contributed by atoms with van der Waals surface area (Å²) >= 11 is 0. The van der Waals surface area contributed by atoms with Gasteiger partial charge in [-0.15, -0.1) is 0 Å². The lowest BCUT2D eigenvalue weighted by atomic mass is 9.65. The van der Waals surface area contributed by atoms with E-state index in [1.165, 1.54) is 79.7 Å². The Hall–Kier alpha value is -5.90. The molecule has 1 saturated carbocycles. The summed E-state index contributed by atoms with van der Waals surface area (Å²) in [6, 6.07) is 52.6. The third kappa shape index (κ3) is 8.64. The molecule has 6 aromatic carbocycles.